The molecule has 1 heteroatoms. The highest BCUT2D eigenvalue weighted by Crippen LogP contribution is 2.18. The Labute approximate surface area is 67.7 Å². The van der Waals surface area contributed by atoms with Gasteiger partial charge in [0, 0.05) is 17.3 Å². The highest BCUT2D eigenvalue weighted by atomic mass is 14.7. The van der Waals surface area contributed by atoms with Crippen LogP contribution < -0.4 is 0 Å². The van der Waals surface area contributed by atoms with Gasteiger partial charge in [-0.3, -0.25) is 4.98 Å². The maximum atomic E-state index is 7.64. The molecule has 1 aromatic heterocycles. The second kappa shape index (κ2) is 2.41. The Morgan fingerprint density at radius 2 is 2.10 bits per heavy atom. The van der Waals surface area contributed by atoms with Crippen molar-refractivity contribution in [3.8, 4) is 0 Å². The second-order valence-corrected chi connectivity index (χ2v) is 3.20. The summed E-state index contributed by atoms with van der Waals surface area (Å²) >= 11 is 0. The monoisotopic (exact) mass is 139 g/mol. The maximum Gasteiger partial charge on any atom is 0.0840 e. The molecule has 0 atom stereocenters. The fourth-order valence-electron chi connectivity index (χ4n) is 0.585. The molecule has 0 unspecified atom stereocenters. The van der Waals surface area contributed by atoms with Crippen molar-refractivity contribution < 1.29 is 5.48 Å². The van der Waals surface area contributed by atoms with Gasteiger partial charge in [-0.05, 0) is 12.1 Å². The van der Waals surface area contributed by atoms with Crippen molar-refractivity contribution in [2.45, 2.75) is 26.2 Å². The highest BCUT2D eigenvalue weighted by molar-refractivity contribution is 5.12. The van der Waals surface area contributed by atoms with Crippen LogP contribution >= 0.6 is 0 Å². The molecule has 1 heterocycles. The van der Waals surface area contributed by atoms with Gasteiger partial charge in [-0.1, -0.05) is 26.8 Å². The van der Waals surface area contributed by atoms with Crippen molar-refractivity contribution in [2.24, 2.45) is 0 Å². The van der Waals surface area contributed by atoms with Gasteiger partial charge < -0.3 is 0 Å². The maximum absolute atomic E-state index is 7.64. The molecule has 1 aromatic rings. The minimum Gasteiger partial charge on any atom is -0.261 e. The Kier molecular flexibility index (Phi) is 0.847. The van der Waals surface area contributed by atoms with Gasteiger partial charge in [-0.2, -0.15) is 0 Å². The van der Waals surface area contributed by atoms with Crippen molar-refractivity contribution >= 4 is 0 Å². The van der Waals surface area contributed by atoms with Crippen LogP contribution in [0.5, 0.6) is 0 Å². The van der Waals surface area contributed by atoms with E-state index in [2.05, 4.69) is 4.98 Å². The Morgan fingerprint density at radius 3 is 2.70 bits per heavy atom. The zero-order valence-electron chi connectivity index (χ0n) is 10.4. The minimum absolute atomic E-state index is 0.0431. The summed E-state index contributed by atoms with van der Waals surface area (Å²) in [7, 11) is 0. The van der Waals surface area contributed by atoms with Gasteiger partial charge in [0.2, 0.25) is 0 Å². The average molecular weight is 139 g/mol. The molecule has 0 radical (unpaired) electrons. The van der Waals surface area contributed by atoms with Crippen LogP contribution in [0.4, 0.5) is 0 Å². The van der Waals surface area contributed by atoms with Crippen LogP contribution in [0.1, 0.15) is 31.9 Å². The minimum atomic E-state index is -0.365. The Morgan fingerprint density at radius 1 is 1.40 bits per heavy atom. The van der Waals surface area contributed by atoms with E-state index in [-0.39, 0.29) is 29.7 Å². The molecule has 0 saturated heterocycles. The third-order valence-corrected chi connectivity index (χ3v) is 1.18. The number of hydrogen-bond acceptors (Lipinski definition) is 1. The van der Waals surface area contributed by atoms with E-state index >= 15 is 0 Å². The first-order chi connectivity index (χ1) is 6.25. The second-order valence-electron chi connectivity index (χ2n) is 3.20. The molecule has 0 fully saturated rings. The number of nitrogens with zero attached hydrogens (tertiary/aromatic N) is 1. The van der Waals surface area contributed by atoms with Gasteiger partial charge in [0.15, 0.2) is 0 Å². The molecule has 54 valence electrons. The molecule has 0 amide bonds. The lowest BCUT2D eigenvalue weighted by Gasteiger charge is -2.16. The molecule has 0 aliphatic rings. The largest absolute Gasteiger partial charge is 0.261 e. The molecule has 0 N–H and O–H groups in total. The summed E-state index contributed by atoms with van der Waals surface area (Å²) in [6.07, 6.45) is -0.226. The summed E-state index contributed by atoms with van der Waals surface area (Å²) in [5, 5.41) is 0. The predicted octanol–water partition coefficient (Wildman–Crippen LogP) is 2.38. The van der Waals surface area contributed by atoms with Crippen LogP contribution in [-0.4, -0.2) is 4.98 Å². The normalized spacial score (nSPS) is 17.1. The fraction of sp³-hybridized carbons (Fsp3) is 0.444. The summed E-state index contributed by atoms with van der Waals surface area (Å²) in [5.74, 6) is 0. The lowest BCUT2D eigenvalue weighted by Crippen LogP contribution is -2.12. The van der Waals surface area contributed by atoms with Crippen molar-refractivity contribution in [3.63, 3.8) is 0 Å². The Bertz CT molecular complexity index is 368. The smallest absolute Gasteiger partial charge is 0.0840 e. The fourth-order valence-corrected chi connectivity index (χ4v) is 0.585. The van der Waals surface area contributed by atoms with Crippen LogP contribution in [0.3, 0.4) is 0 Å². The van der Waals surface area contributed by atoms with Gasteiger partial charge in [-0.15, -0.1) is 0 Å². The molecule has 0 aromatic carbocycles. The summed E-state index contributed by atoms with van der Waals surface area (Å²) < 4.78 is 29.8. The van der Waals surface area contributed by atoms with Crippen LogP contribution in [0, 0.1) is 0 Å². The Hall–Kier alpha value is -0.850. The van der Waals surface area contributed by atoms with Gasteiger partial charge in [-0.25, -0.2) is 0 Å². The molecule has 0 spiro atoms. The molecular weight excluding hydrogens is 122 g/mol. The van der Waals surface area contributed by atoms with E-state index in [1.54, 1.807) is 0 Å². The first kappa shape index (κ1) is 3.51. The van der Waals surface area contributed by atoms with Crippen LogP contribution in [-0.2, 0) is 5.41 Å². The summed E-state index contributed by atoms with van der Waals surface area (Å²) in [6, 6.07) is -0.531. The molecular formula is C9H13N. The van der Waals surface area contributed by atoms with Crippen LogP contribution in [0.15, 0.2) is 24.3 Å². The standard InChI is InChI=1S/C9H13N/c1-9(2,3)8-6-4-5-7-10-8/h4-7H,1-3H3/i4D,5D,6D,7D. The number of pyridine rings is 1. The lowest BCUT2D eigenvalue weighted by molar-refractivity contribution is 0.569. The average Bonchev–Trinajstić information content (AvgIpc) is 2.06. The van der Waals surface area contributed by atoms with Crippen LogP contribution in [0.25, 0.3) is 0 Å². The van der Waals surface area contributed by atoms with Crippen molar-refractivity contribution in [1.82, 2.24) is 4.98 Å². The SMILES string of the molecule is [2H]c1nc(C(C)(C)C)c([2H])c([2H])c1[2H]. The van der Waals surface area contributed by atoms with E-state index < -0.39 is 0 Å². The van der Waals surface area contributed by atoms with Gasteiger partial charge in [0.1, 0.15) is 0 Å². The predicted molar refractivity (Wildman–Crippen MR) is 42.9 cm³/mol. The Balaban J connectivity index is 3.49. The van der Waals surface area contributed by atoms with Gasteiger partial charge >= 0.3 is 0 Å². The molecule has 1 nitrogen and oxygen atoms in total. The topological polar surface area (TPSA) is 12.9 Å². The van der Waals surface area contributed by atoms with E-state index in [9.17, 15) is 0 Å². The number of hydrogen-bond donors (Lipinski definition) is 0. The van der Waals surface area contributed by atoms with Gasteiger partial charge in [0.05, 0.1) is 5.48 Å². The molecule has 10 heavy (non-hydrogen) atoms. The van der Waals surface area contributed by atoms with Gasteiger partial charge in [0.25, 0.3) is 0 Å². The lowest BCUT2D eigenvalue weighted by atomic mass is 9.92. The molecule has 0 aliphatic carbocycles. The molecule has 0 saturated carbocycles. The first-order valence-electron chi connectivity index (χ1n) is 5.20. The van der Waals surface area contributed by atoms with E-state index in [0.29, 0.717) is 5.69 Å². The third-order valence-electron chi connectivity index (χ3n) is 1.18. The number of aromatic nitrogens is 1. The number of rotatable bonds is 0. The summed E-state index contributed by atoms with van der Waals surface area (Å²) in [4.78, 5) is 3.88. The summed E-state index contributed by atoms with van der Waals surface area (Å²) in [5.41, 5.74) is 0.0413. The van der Waals surface area contributed by atoms with Crippen molar-refractivity contribution in [3.05, 3.63) is 30.0 Å². The molecule has 0 bridgehead atoms. The van der Waals surface area contributed by atoms with E-state index in [4.69, 9.17) is 5.48 Å². The zero-order valence-corrected chi connectivity index (χ0v) is 6.45. The summed E-state index contributed by atoms with van der Waals surface area (Å²) in [6.45, 7) is 5.61. The van der Waals surface area contributed by atoms with Crippen molar-refractivity contribution in [2.75, 3.05) is 0 Å². The molecule has 1 rings (SSSR count). The first-order valence-corrected chi connectivity index (χ1v) is 3.20. The van der Waals surface area contributed by atoms with E-state index in [0.717, 1.165) is 0 Å². The van der Waals surface area contributed by atoms with Crippen molar-refractivity contribution in [1.29, 1.82) is 0 Å². The molecule has 0 aliphatic heterocycles. The third kappa shape index (κ3) is 1.56. The zero-order chi connectivity index (χ0) is 11.1. The quantitative estimate of drug-likeness (QED) is 0.537. The van der Waals surface area contributed by atoms with Crippen LogP contribution in [0.2, 0.25) is 0 Å². The van der Waals surface area contributed by atoms with E-state index in [1.807, 2.05) is 20.8 Å². The van der Waals surface area contributed by atoms with E-state index in [1.165, 1.54) is 0 Å². The highest BCUT2D eigenvalue weighted by Gasteiger charge is 2.13.